The topological polar surface area (TPSA) is 70.7 Å². The number of anilines is 1. The predicted molar refractivity (Wildman–Crippen MR) is 108 cm³/mol. The molecule has 0 saturated carbocycles. The van der Waals surface area contributed by atoms with Crippen LogP contribution in [-0.2, 0) is 9.53 Å². The van der Waals surface area contributed by atoms with Gasteiger partial charge in [-0.25, -0.2) is 4.79 Å². The van der Waals surface area contributed by atoms with E-state index in [2.05, 4.69) is 17.6 Å². The van der Waals surface area contributed by atoms with E-state index in [1.54, 1.807) is 23.1 Å². The molecule has 2 N–H and O–H groups in total. The van der Waals surface area contributed by atoms with Gasteiger partial charge < -0.3 is 20.3 Å². The number of hydrogen-bond donors (Lipinski definition) is 2. The maximum absolute atomic E-state index is 12.6. The number of nitrogens with one attached hydrogen (secondary N) is 2. The number of amides is 2. The van der Waals surface area contributed by atoms with Crippen LogP contribution < -0.4 is 10.6 Å². The van der Waals surface area contributed by atoms with Crippen LogP contribution in [0.25, 0.3) is 0 Å². The van der Waals surface area contributed by atoms with Gasteiger partial charge in [-0.3, -0.25) is 4.79 Å². The number of nitrogens with zero attached hydrogens (tertiary/aromatic N) is 1. The number of rotatable bonds is 4. The Morgan fingerprint density at radius 2 is 1.85 bits per heavy atom. The highest BCUT2D eigenvalue weighted by Crippen LogP contribution is 2.23. The fourth-order valence-electron chi connectivity index (χ4n) is 2.89. The zero-order chi connectivity index (χ0) is 20.2. The molecule has 2 unspecified atom stereocenters. The van der Waals surface area contributed by atoms with Crippen molar-refractivity contribution in [2.75, 3.05) is 25.0 Å². The molecule has 2 atom stereocenters. The number of benzene rings is 1. The van der Waals surface area contributed by atoms with Crippen LogP contribution in [0.5, 0.6) is 0 Å². The van der Waals surface area contributed by atoms with Gasteiger partial charge in [0.2, 0.25) is 5.91 Å². The molecule has 2 amide bonds. The third-order valence-electron chi connectivity index (χ3n) is 4.32. The van der Waals surface area contributed by atoms with Crippen LogP contribution in [0.4, 0.5) is 10.5 Å². The van der Waals surface area contributed by atoms with E-state index in [0.717, 1.165) is 6.42 Å². The molecule has 1 heterocycles. The lowest BCUT2D eigenvalue weighted by molar-refractivity contribution is -0.131. The fourth-order valence-corrected chi connectivity index (χ4v) is 3.41. The monoisotopic (exact) mass is 415 g/mol. The van der Waals surface area contributed by atoms with Gasteiger partial charge in [0, 0.05) is 28.8 Å². The van der Waals surface area contributed by atoms with Crippen molar-refractivity contribution in [1.29, 1.82) is 0 Å². The standard InChI is InChI=1S/C19H27Cl2N3O3/c1-12-5-6-24(11-16(12)23-18(26)27-19(2,3)4)17(25)10-22-15-8-13(20)7-14(21)9-15/h7-9,12,16,22H,5-6,10-11H2,1-4H3,(H,23,26). The number of carbonyl (C=O) groups excluding carboxylic acids is 2. The number of carbonyl (C=O) groups is 2. The third kappa shape index (κ3) is 7.11. The lowest BCUT2D eigenvalue weighted by atomic mass is 9.93. The van der Waals surface area contributed by atoms with E-state index in [1.165, 1.54) is 0 Å². The van der Waals surface area contributed by atoms with E-state index in [0.29, 0.717) is 28.8 Å². The zero-order valence-corrected chi connectivity index (χ0v) is 17.7. The van der Waals surface area contributed by atoms with Gasteiger partial charge in [0.25, 0.3) is 0 Å². The van der Waals surface area contributed by atoms with Gasteiger partial charge in [-0.2, -0.15) is 0 Å². The van der Waals surface area contributed by atoms with Crippen LogP contribution in [0.15, 0.2) is 18.2 Å². The molecule has 1 saturated heterocycles. The number of alkyl carbamates (subject to hydrolysis) is 1. The quantitative estimate of drug-likeness (QED) is 0.773. The van der Waals surface area contributed by atoms with Crippen molar-refractivity contribution < 1.29 is 14.3 Å². The van der Waals surface area contributed by atoms with Crippen LogP contribution in [0.2, 0.25) is 10.0 Å². The predicted octanol–water partition coefficient (Wildman–Crippen LogP) is 4.17. The summed E-state index contributed by atoms with van der Waals surface area (Å²) >= 11 is 11.9. The molecule has 0 aromatic heterocycles. The molecule has 1 aromatic carbocycles. The summed E-state index contributed by atoms with van der Waals surface area (Å²) in [5.41, 5.74) is 0.134. The van der Waals surface area contributed by atoms with Crippen LogP contribution in [0.3, 0.4) is 0 Å². The van der Waals surface area contributed by atoms with Gasteiger partial charge in [0.1, 0.15) is 5.60 Å². The first-order chi connectivity index (χ1) is 12.5. The normalized spacial score (nSPS) is 20.1. The Morgan fingerprint density at radius 3 is 2.44 bits per heavy atom. The van der Waals surface area contributed by atoms with Crippen LogP contribution in [-0.4, -0.2) is 48.2 Å². The minimum Gasteiger partial charge on any atom is -0.444 e. The smallest absolute Gasteiger partial charge is 0.407 e. The van der Waals surface area contributed by atoms with Gasteiger partial charge in [-0.15, -0.1) is 0 Å². The second-order valence-corrected chi connectivity index (χ2v) is 8.74. The molecule has 1 fully saturated rings. The molecule has 27 heavy (non-hydrogen) atoms. The molecule has 1 aliphatic heterocycles. The van der Waals surface area contributed by atoms with Crippen molar-refractivity contribution in [3.05, 3.63) is 28.2 Å². The van der Waals surface area contributed by atoms with E-state index >= 15 is 0 Å². The first kappa shape index (κ1) is 21.6. The minimum atomic E-state index is -0.556. The summed E-state index contributed by atoms with van der Waals surface area (Å²) in [6.45, 7) is 8.77. The summed E-state index contributed by atoms with van der Waals surface area (Å²) in [6, 6.07) is 4.92. The number of halogens is 2. The third-order valence-corrected chi connectivity index (χ3v) is 4.76. The maximum Gasteiger partial charge on any atom is 0.407 e. The fraction of sp³-hybridized carbons (Fsp3) is 0.579. The minimum absolute atomic E-state index is 0.0472. The van der Waals surface area contributed by atoms with Crippen molar-refractivity contribution in [2.24, 2.45) is 5.92 Å². The van der Waals surface area contributed by atoms with Crippen LogP contribution in [0.1, 0.15) is 34.1 Å². The number of hydrogen-bond acceptors (Lipinski definition) is 4. The molecule has 0 bridgehead atoms. The molecule has 1 aromatic rings. The first-order valence-electron chi connectivity index (χ1n) is 9.01. The van der Waals surface area contributed by atoms with Gasteiger partial charge >= 0.3 is 6.09 Å². The summed E-state index contributed by atoms with van der Waals surface area (Å²) in [4.78, 5) is 26.4. The van der Waals surface area contributed by atoms with E-state index in [9.17, 15) is 9.59 Å². The van der Waals surface area contributed by atoms with E-state index in [4.69, 9.17) is 27.9 Å². The van der Waals surface area contributed by atoms with Gasteiger partial charge in [0.15, 0.2) is 0 Å². The van der Waals surface area contributed by atoms with Gasteiger partial charge in [-0.05, 0) is 51.3 Å². The molecular weight excluding hydrogens is 389 g/mol. The Morgan fingerprint density at radius 1 is 1.22 bits per heavy atom. The lowest BCUT2D eigenvalue weighted by Crippen LogP contribution is -2.54. The van der Waals surface area contributed by atoms with E-state index in [-0.39, 0.29) is 24.4 Å². The molecule has 0 aliphatic carbocycles. The van der Waals surface area contributed by atoms with E-state index < -0.39 is 11.7 Å². The highest BCUT2D eigenvalue weighted by molar-refractivity contribution is 6.35. The van der Waals surface area contributed by atoms with Crippen LogP contribution >= 0.6 is 23.2 Å². The molecular formula is C19H27Cl2N3O3. The van der Waals surface area contributed by atoms with Crippen molar-refractivity contribution in [3.63, 3.8) is 0 Å². The molecule has 6 nitrogen and oxygen atoms in total. The second-order valence-electron chi connectivity index (χ2n) is 7.87. The Labute approximate surface area is 170 Å². The Kier molecular flexibility index (Phi) is 7.23. The molecule has 8 heteroatoms. The average Bonchev–Trinajstić information content (AvgIpc) is 2.52. The lowest BCUT2D eigenvalue weighted by Gasteiger charge is -2.37. The highest BCUT2D eigenvalue weighted by Gasteiger charge is 2.31. The number of likely N-dealkylation sites (tertiary alicyclic amines) is 1. The highest BCUT2D eigenvalue weighted by atomic mass is 35.5. The number of piperidine rings is 1. The van der Waals surface area contributed by atoms with Crippen LogP contribution in [0, 0.1) is 5.92 Å². The summed E-state index contributed by atoms with van der Waals surface area (Å²) < 4.78 is 5.32. The SMILES string of the molecule is CC1CCN(C(=O)CNc2cc(Cl)cc(Cl)c2)CC1NC(=O)OC(C)(C)C. The molecule has 2 rings (SSSR count). The average molecular weight is 416 g/mol. The summed E-state index contributed by atoms with van der Waals surface area (Å²) in [5, 5.41) is 6.95. The molecule has 150 valence electrons. The van der Waals surface area contributed by atoms with E-state index in [1.807, 2.05) is 20.8 Å². The number of ether oxygens (including phenoxy) is 1. The van der Waals surface area contributed by atoms with Crippen molar-refractivity contribution in [2.45, 2.75) is 45.8 Å². The first-order valence-corrected chi connectivity index (χ1v) is 9.76. The maximum atomic E-state index is 12.6. The zero-order valence-electron chi connectivity index (χ0n) is 16.1. The van der Waals surface area contributed by atoms with Crippen molar-refractivity contribution in [3.8, 4) is 0 Å². The molecule has 1 aliphatic rings. The Balaban J connectivity index is 1.90. The largest absolute Gasteiger partial charge is 0.444 e. The second kappa shape index (κ2) is 9.02. The van der Waals surface area contributed by atoms with Gasteiger partial charge in [-0.1, -0.05) is 30.1 Å². The molecule has 0 spiro atoms. The van der Waals surface area contributed by atoms with Gasteiger partial charge in [0.05, 0.1) is 12.6 Å². The van der Waals surface area contributed by atoms with Crippen molar-refractivity contribution in [1.82, 2.24) is 10.2 Å². The summed E-state index contributed by atoms with van der Waals surface area (Å²) in [6.07, 6.45) is 0.357. The summed E-state index contributed by atoms with van der Waals surface area (Å²) in [5.74, 6) is 0.218. The molecule has 0 radical (unpaired) electrons. The Hall–Kier alpha value is -1.66. The van der Waals surface area contributed by atoms with Crippen molar-refractivity contribution >= 4 is 40.9 Å². The Bertz CT molecular complexity index is 671. The summed E-state index contributed by atoms with van der Waals surface area (Å²) in [7, 11) is 0.